The van der Waals surface area contributed by atoms with Gasteiger partial charge in [0.15, 0.2) is 0 Å². The van der Waals surface area contributed by atoms with Crippen LogP contribution in [0.3, 0.4) is 0 Å². The summed E-state index contributed by atoms with van der Waals surface area (Å²) >= 11 is 0. The Bertz CT molecular complexity index is 634. The molecule has 7 heteroatoms. The van der Waals surface area contributed by atoms with Crippen LogP contribution in [0.25, 0.3) is 0 Å². The standard InChI is InChI=1S/C14H17N5O2/c20-19(21)13-6-3-8-15-14(13)16-10-11-7-9-18(17-11)12-4-1-2-5-12/h3,6-9,12H,1-2,4-5,10H2,(H,15,16). The van der Waals surface area contributed by atoms with Gasteiger partial charge in [0, 0.05) is 18.5 Å². The molecule has 2 aromatic heterocycles. The number of hydrogen-bond donors (Lipinski definition) is 1. The molecule has 1 saturated carbocycles. The van der Waals surface area contributed by atoms with Gasteiger partial charge < -0.3 is 5.32 Å². The predicted molar refractivity (Wildman–Crippen MR) is 78.0 cm³/mol. The van der Waals surface area contributed by atoms with Crippen LogP contribution in [0.5, 0.6) is 0 Å². The van der Waals surface area contributed by atoms with Crippen LogP contribution in [0.4, 0.5) is 11.5 Å². The first-order chi connectivity index (χ1) is 10.2. The Morgan fingerprint density at radius 1 is 1.38 bits per heavy atom. The molecule has 3 rings (SSSR count). The minimum Gasteiger partial charge on any atom is -0.359 e. The van der Waals surface area contributed by atoms with E-state index in [0.717, 1.165) is 5.69 Å². The average molecular weight is 287 g/mol. The predicted octanol–water partition coefficient (Wildman–Crippen LogP) is 2.91. The van der Waals surface area contributed by atoms with E-state index < -0.39 is 4.92 Å². The van der Waals surface area contributed by atoms with Crippen LogP contribution in [-0.2, 0) is 6.54 Å². The van der Waals surface area contributed by atoms with Gasteiger partial charge in [-0.05, 0) is 25.0 Å². The Labute approximate surface area is 122 Å². The summed E-state index contributed by atoms with van der Waals surface area (Å²) in [4.78, 5) is 14.5. The van der Waals surface area contributed by atoms with Gasteiger partial charge in [-0.2, -0.15) is 5.10 Å². The van der Waals surface area contributed by atoms with Gasteiger partial charge in [0.25, 0.3) is 0 Å². The molecule has 1 N–H and O–H groups in total. The van der Waals surface area contributed by atoms with E-state index in [1.165, 1.54) is 37.9 Å². The van der Waals surface area contributed by atoms with Crippen LogP contribution in [0.15, 0.2) is 30.6 Å². The number of aromatic nitrogens is 3. The number of anilines is 1. The van der Waals surface area contributed by atoms with E-state index in [-0.39, 0.29) is 11.5 Å². The third kappa shape index (κ3) is 3.01. The minimum atomic E-state index is -0.438. The van der Waals surface area contributed by atoms with Crippen molar-refractivity contribution in [1.82, 2.24) is 14.8 Å². The highest BCUT2D eigenvalue weighted by Crippen LogP contribution is 2.28. The molecule has 110 valence electrons. The van der Waals surface area contributed by atoms with Crippen molar-refractivity contribution in [2.45, 2.75) is 38.3 Å². The van der Waals surface area contributed by atoms with Crippen LogP contribution in [-0.4, -0.2) is 19.7 Å². The summed E-state index contributed by atoms with van der Waals surface area (Å²) in [5.74, 6) is 0.276. The second-order valence-corrected chi connectivity index (χ2v) is 5.21. The zero-order valence-corrected chi connectivity index (χ0v) is 11.6. The van der Waals surface area contributed by atoms with Crippen molar-refractivity contribution in [3.05, 3.63) is 46.4 Å². The second-order valence-electron chi connectivity index (χ2n) is 5.21. The fourth-order valence-electron chi connectivity index (χ4n) is 2.70. The third-order valence-electron chi connectivity index (χ3n) is 3.78. The Morgan fingerprint density at radius 3 is 2.95 bits per heavy atom. The van der Waals surface area contributed by atoms with E-state index in [1.54, 1.807) is 6.07 Å². The fourth-order valence-corrected chi connectivity index (χ4v) is 2.70. The molecule has 0 atom stereocenters. The van der Waals surface area contributed by atoms with Gasteiger partial charge in [-0.15, -0.1) is 0 Å². The lowest BCUT2D eigenvalue weighted by atomic mass is 10.3. The van der Waals surface area contributed by atoms with Gasteiger partial charge in [-0.1, -0.05) is 12.8 Å². The van der Waals surface area contributed by atoms with Gasteiger partial charge in [0.2, 0.25) is 5.82 Å². The molecular weight excluding hydrogens is 270 g/mol. The molecule has 21 heavy (non-hydrogen) atoms. The molecule has 0 spiro atoms. The SMILES string of the molecule is O=[N+]([O-])c1cccnc1NCc1ccn(C2CCCC2)n1. The Hall–Kier alpha value is -2.44. The van der Waals surface area contributed by atoms with E-state index in [4.69, 9.17) is 0 Å². The smallest absolute Gasteiger partial charge is 0.311 e. The highest BCUT2D eigenvalue weighted by Gasteiger charge is 2.18. The maximum Gasteiger partial charge on any atom is 0.311 e. The minimum absolute atomic E-state index is 0.0206. The normalized spacial score (nSPS) is 15.2. The van der Waals surface area contributed by atoms with E-state index in [2.05, 4.69) is 15.4 Å². The number of pyridine rings is 1. The largest absolute Gasteiger partial charge is 0.359 e. The summed E-state index contributed by atoms with van der Waals surface area (Å²) in [6.45, 7) is 0.428. The zero-order valence-electron chi connectivity index (χ0n) is 11.6. The topological polar surface area (TPSA) is 85.9 Å². The highest BCUT2D eigenvalue weighted by molar-refractivity contribution is 5.55. The molecule has 7 nitrogen and oxygen atoms in total. The van der Waals surface area contributed by atoms with Crippen molar-refractivity contribution < 1.29 is 4.92 Å². The number of rotatable bonds is 5. The number of nitrogens with zero attached hydrogens (tertiary/aromatic N) is 4. The molecule has 0 bridgehead atoms. The molecule has 1 aliphatic rings. The molecule has 0 aromatic carbocycles. The maximum absolute atomic E-state index is 10.9. The van der Waals surface area contributed by atoms with E-state index in [0.29, 0.717) is 12.6 Å². The van der Waals surface area contributed by atoms with Crippen LogP contribution >= 0.6 is 0 Å². The maximum atomic E-state index is 10.9. The molecule has 2 heterocycles. The number of nitro groups is 1. The molecule has 0 unspecified atom stereocenters. The fraction of sp³-hybridized carbons (Fsp3) is 0.429. The van der Waals surface area contributed by atoms with Gasteiger partial charge in [-0.25, -0.2) is 4.98 Å². The first-order valence-corrected chi connectivity index (χ1v) is 7.11. The van der Waals surface area contributed by atoms with Crippen molar-refractivity contribution in [3.63, 3.8) is 0 Å². The lowest BCUT2D eigenvalue weighted by Gasteiger charge is -2.09. The molecule has 0 aliphatic heterocycles. The van der Waals surface area contributed by atoms with Crippen molar-refractivity contribution in [3.8, 4) is 0 Å². The van der Waals surface area contributed by atoms with Gasteiger partial charge >= 0.3 is 5.69 Å². The lowest BCUT2D eigenvalue weighted by Crippen LogP contribution is -2.08. The Kier molecular flexibility index (Phi) is 3.81. The summed E-state index contributed by atoms with van der Waals surface area (Å²) < 4.78 is 2.01. The molecule has 2 aromatic rings. The van der Waals surface area contributed by atoms with E-state index in [1.807, 2.05) is 16.9 Å². The highest BCUT2D eigenvalue weighted by atomic mass is 16.6. The second kappa shape index (κ2) is 5.90. The van der Waals surface area contributed by atoms with E-state index in [9.17, 15) is 10.1 Å². The third-order valence-corrected chi connectivity index (χ3v) is 3.78. The van der Waals surface area contributed by atoms with Gasteiger partial charge in [0.05, 0.1) is 23.2 Å². The quantitative estimate of drug-likeness (QED) is 0.675. The lowest BCUT2D eigenvalue weighted by molar-refractivity contribution is -0.384. The van der Waals surface area contributed by atoms with Crippen molar-refractivity contribution in [2.24, 2.45) is 0 Å². The van der Waals surface area contributed by atoms with Crippen LogP contribution in [0.2, 0.25) is 0 Å². The average Bonchev–Trinajstić information content (AvgIpc) is 3.16. The Morgan fingerprint density at radius 2 is 2.19 bits per heavy atom. The van der Waals surface area contributed by atoms with Gasteiger partial charge in [0.1, 0.15) is 0 Å². The summed E-state index contributed by atoms with van der Waals surface area (Å²) in [5.41, 5.74) is 0.842. The molecule has 1 aliphatic carbocycles. The number of nitrogens with one attached hydrogen (secondary N) is 1. The molecular formula is C14H17N5O2. The summed E-state index contributed by atoms with van der Waals surface area (Å²) in [6, 6.07) is 5.44. The van der Waals surface area contributed by atoms with Crippen LogP contribution < -0.4 is 5.32 Å². The molecule has 0 saturated heterocycles. The zero-order chi connectivity index (χ0) is 14.7. The number of hydrogen-bond acceptors (Lipinski definition) is 5. The van der Waals surface area contributed by atoms with Crippen molar-refractivity contribution >= 4 is 11.5 Å². The first kappa shape index (κ1) is 13.5. The molecule has 0 amide bonds. The summed E-state index contributed by atoms with van der Waals surface area (Å²) in [6.07, 6.45) is 8.41. The van der Waals surface area contributed by atoms with Crippen LogP contribution in [0, 0.1) is 10.1 Å². The molecule has 1 fully saturated rings. The Balaban J connectivity index is 1.66. The monoisotopic (exact) mass is 287 g/mol. The summed E-state index contributed by atoms with van der Waals surface area (Å²) in [7, 11) is 0. The first-order valence-electron chi connectivity index (χ1n) is 7.11. The van der Waals surface area contributed by atoms with Gasteiger partial charge in [-0.3, -0.25) is 14.8 Å². The van der Waals surface area contributed by atoms with E-state index >= 15 is 0 Å². The molecule has 0 radical (unpaired) electrons. The van der Waals surface area contributed by atoms with Crippen molar-refractivity contribution in [1.29, 1.82) is 0 Å². The van der Waals surface area contributed by atoms with Crippen molar-refractivity contribution in [2.75, 3.05) is 5.32 Å². The van der Waals surface area contributed by atoms with Crippen LogP contribution in [0.1, 0.15) is 37.4 Å². The summed E-state index contributed by atoms with van der Waals surface area (Å²) in [5, 5.41) is 18.4.